The van der Waals surface area contributed by atoms with Gasteiger partial charge in [-0.25, -0.2) is 0 Å². The second kappa shape index (κ2) is 6.05. The Morgan fingerprint density at radius 1 is 0.955 bits per heavy atom. The van der Waals surface area contributed by atoms with Crippen LogP contribution in [0.1, 0.15) is 30.4 Å². The van der Waals surface area contributed by atoms with E-state index in [0.717, 1.165) is 19.0 Å². The summed E-state index contributed by atoms with van der Waals surface area (Å²) < 4.78 is 0. The monoisotopic (exact) mass is 290 g/mol. The van der Waals surface area contributed by atoms with Crippen LogP contribution in [0.15, 0.2) is 66.5 Å². The van der Waals surface area contributed by atoms with E-state index in [-0.39, 0.29) is 0 Å². The maximum atomic E-state index is 4.11. The lowest BCUT2D eigenvalue weighted by Crippen LogP contribution is -2.38. The summed E-state index contributed by atoms with van der Waals surface area (Å²) in [6, 6.07) is 16.5. The summed E-state index contributed by atoms with van der Waals surface area (Å²) in [6.07, 6.45) is 11.3. The number of fused-ring (bicyclic) bond motifs is 2. The molecule has 0 amide bonds. The van der Waals surface area contributed by atoms with E-state index in [1.165, 1.54) is 30.4 Å². The predicted octanol–water partition coefficient (Wildman–Crippen LogP) is 3.99. The molecule has 112 valence electrons. The van der Waals surface area contributed by atoms with Gasteiger partial charge in [0.25, 0.3) is 0 Å². The zero-order chi connectivity index (χ0) is 14.8. The third-order valence-electron chi connectivity index (χ3n) is 5.01. The summed E-state index contributed by atoms with van der Waals surface area (Å²) in [5.74, 6) is 0. The predicted molar refractivity (Wildman–Crippen MR) is 89.4 cm³/mol. The van der Waals surface area contributed by atoms with Crippen LogP contribution in [0, 0.1) is 0 Å². The van der Waals surface area contributed by atoms with Crippen molar-refractivity contribution < 1.29 is 0 Å². The molecule has 2 unspecified atom stereocenters. The van der Waals surface area contributed by atoms with Crippen LogP contribution in [0.5, 0.6) is 0 Å². The van der Waals surface area contributed by atoms with Crippen LogP contribution in [0.4, 0.5) is 0 Å². The smallest absolute Gasteiger partial charge is 0.0288 e. The van der Waals surface area contributed by atoms with E-state index >= 15 is 0 Å². The van der Waals surface area contributed by atoms with Crippen molar-refractivity contribution in [3.05, 3.63) is 77.6 Å². The molecule has 2 atom stereocenters. The maximum absolute atomic E-state index is 4.11. The summed E-state index contributed by atoms with van der Waals surface area (Å²) >= 11 is 0. The highest BCUT2D eigenvalue weighted by Gasteiger charge is 2.35. The molecule has 0 saturated carbocycles. The molecule has 2 aliphatic rings. The van der Waals surface area contributed by atoms with Gasteiger partial charge in [0.05, 0.1) is 0 Å². The van der Waals surface area contributed by atoms with Crippen LogP contribution in [-0.4, -0.2) is 22.0 Å². The van der Waals surface area contributed by atoms with E-state index in [4.69, 9.17) is 0 Å². The lowest BCUT2D eigenvalue weighted by Gasteiger charge is -2.34. The van der Waals surface area contributed by atoms with Gasteiger partial charge in [0, 0.05) is 31.0 Å². The Hall–Kier alpha value is -1.93. The lowest BCUT2D eigenvalue weighted by molar-refractivity contribution is 0.195. The summed E-state index contributed by atoms with van der Waals surface area (Å²) in [5.41, 5.74) is 4.44. The molecule has 0 N–H and O–H groups in total. The Kier molecular flexibility index (Phi) is 3.77. The quantitative estimate of drug-likeness (QED) is 0.792. The molecule has 1 aromatic heterocycles. The van der Waals surface area contributed by atoms with Crippen LogP contribution in [0.2, 0.25) is 0 Å². The number of nitrogens with zero attached hydrogens (tertiary/aromatic N) is 2. The van der Waals surface area contributed by atoms with Crippen molar-refractivity contribution in [3.8, 4) is 0 Å². The largest absolute Gasteiger partial charge is 0.289 e. The van der Waals surface area contributed by atoms with Crippen LogP contribution in [-0.2, 0) is 13.0 Å². The van der Waals surface area contributed by atoms with Crippen LogP contribution < -0.4 is 0 Å². The summed E-state index contributed by atoms with van der Waals surface area (Å²) in [6.45, 7) is 1.09. The SMILES string of the molecule is C1=C(Cc2ccncc2)CC2CCC1N2Cc1ccccc1. The average Bonchev–Trinajstić information content (AvgIpc) is 2.80. The van der Waals surface area contributed by atoms with E-state index in [1.54, 1.807) is 5.57 Å². The minimum atomic E-state index is 0.635. The molecule has 1 fully saturated rings. The van der Waals surface area contributed by atoms with Gasteiger partial charge in [0.1, 0.15) is 0 Å². The number of pyridine rings is 1. The van der Waals surface area contributed by atoms with Gasteiger partial charge in [-0.05, 0) is 48.9 Å². The molecule has 2 aromatic rings. The first-order chi connectivity index (χ1) is 10.9. The highest BCUT2D eigenvalue weighted by molar-refractivity contribution is 5.26. The molecule has 2 heteroatoms. The molecule has 3 heterocycles. The minimum absolute atomic E-state index is 0.635. The number of hydrogen-bond donors (Lipinski definition) is 0. The van der Waals surface area contributed by atoms with Crippen molar-refractivity contribution in [1.29, 1.82) is 0 Å². The summed E-state index contributed by atoms with van der Waals surface area (Å²) in [5, 5.41) is 0. The molecule has 0 radical (unpaired) electrons. The van der Waals surface area contributed by atoms with Crippen molar-refractivity contribution in [3.63, 3.8) is 0 Å². The number of benzene rings is 1. The molecule has 22 heavy (non-hydrogen) atoms. The molecule has 1 aromatic carbocycles. The molecular weight excluding hydrogens is 268 g/mol. The van der Waals surface area contributed by atoms with Gasteiger partial charge in [-0.3, -0.25) is 9.88 Å². The summed E-state index contributed by atoms with van der Waals surface area (Å²) in [4.78, 5) is 6.81. The van der Waals surface area contributed by atoms with E-state index in [0.29, 0.717) is 6.04 Å². The standard InChI is InChI=1S/C20H22N2/c1-2-4-17(5-3-1)15-22-19-6-7-20(22)14-18(13-19)12-16-8-10-21-11-9-16/h1-5,8-11,13,19-20H,6-7,12,14-15H2. The van der Waals surface area contributed by atoms with Crippen LogP contribution in [0.3, 0.4) is 0 Å². The fourth-order valence-corrected chi connectivity index (χ4v) is 3.94. The maximum Gasteiger partial charge on any atom is 0.0288 e. The molecule has 0 spiro atoms. The van der Waals surface area contributed by atoms with Crippen LogP contribution >= 0.6 is 0 Å². The van der Waals surface area contributed by atoms with Gasteiger partial charge in [-0.15, -0.1) is 0 Å². The second-order valence-corrected chi connectivity index (χ2v) is 6.52. The molecule has 2 nitrogen and oxygen atoms in total. The van der Waals surface area contributed by atoms with Crippen molar-refractivity contribution in [2.45, 2.75) is 44.3 Å². The first kappa shape index (κ1) is 13.7. The van der Waals surface area contributed by atoms with Gasteiger partial charge in [-0.1, -0.05) is 42.0 Å². The average molecular weight is 290 g/mol. The zero-order valence-corrected chi connectivity index (χ0v) is 12.9. The van der Waals surface area contributed by atoms with Crippen LogP contribution in [0.25, 0.3) is 0 Å². The molecule has 0 aliphatic carbocycles. The van der Waals surface area contributed by atoms with Gasteiger partial charge in [0.2, 0.25) is 0 Å². The van der Waals surface area contributed by atoms with E-state index < -0.39 is 0 Å². The summed E-state index contributed by atoms with van der Waals surface area (Å²) in [7, 11) is 0. The number of rotatable bonds is 4. The Bertz CT molecular complexity index is 648. The first-order valence-corrected chi connectivity index (χ1v) is 8.26. The Morgan fingerprint density at radius 2 is 1.77 bits per heavy atom. The van der Waals surface area contributed by atoms with Crippen molar-refractivity contribution in [2.75, 3.05) is 0 Å². The van der Waals surface area contributed by atoms with Gasteiger partial charge < -0.3 is 0 Å². The highest BCUT2D eigenvalue weighted by atomic mass is 15.2. The van der Waals surface area contributed by atoms with E-state index in [2.05, 4.69) is 58.4 Å². The third-order valence-corrected chi connectivity index (χ3v) is 5.01. The Morgan fingerprint density at radius 3 is 2.55 bits per heavy atom. The molecule has 1 saturated heterocycles. The minimum Gasteiger partial charge on any atom is -0.289 e. The lowest BCUT2D eigenvalue weighted by atomic mass is 9.95. The van der Waals surface area contributed by atoms with Gasteiger partial charge >= 0.3 is 0 Å². The van der Waals surface area contributed by atoms with Crippen molar-refractivity contribution in [2.24, 2.45) is 0 Å². The zero-order valence-electron chi connectivity index (χ0n) is 12.9. The van der Waals surface area contributed by atoms with Gasteiger partial charge in [0.15, 0.2) is 0 Å². The fraction of sp³-hybridized carbons (Fsp3) is 0.350. The van der Waals surface area contributed by atoms with E-state index in [9.17, 15) is 0 Å². The van der Waals surface area contributed by atoms with E-state index in [1.807, 2.05) is 12.4 Å². The molecule has 4 rings (SSSR count). The second-order valence-electron chi connectivity index (χ2n) is 6.52. The third kappa shape index (κ3) is 2.84. The fourth-order valence-electron chi connectivity index (χ4n) is 3.94. The molecule has 2 aliphatic heterocycles. The topological polar surface area (TPSA) is 16.1 Å². The molecule has 2 bridgehead atoms. The first-order valence-electron chi connectivity index (χ1n) is 8.26. The molecular formula is C20H22N2. The van der Waals surface area contributed by atoms with Crippen molar-refractivity contribution >= 4 is 0 Å². The normalized spacial score (nSPS) is 24.3. The Balaban J connectivity index is 1.48. The Labute approximate surface area is 132 Å². The number of hydrogen-bond acceptors (Lipinski definition) is 2. The van der Waals surface area contributed by atoms with Crippen molar-refractivity contribution in [1.82, 2.24) is 9.88 Å². The number of aromatic nitrogens is 1. The highest BCUT2D eigenvalue weighted by Crippen LogP contribution is 2.36. The van der Waals surface area contributed by atoms with Gasteiger partial charge in [-0.2, -0.15) is 0 Å².